The molecule has 3 aliphatic heterocycles. The van der Waals surface area contributed by atoms with Gasteiger partial charge in [-0.05, 0) is 101 Å². The predicted molar refractivity (Wildman–Crippen MR) is 200 cm³/mol. The highest BCUT2D eigenvalue weighted by Gasteiger charge is 2.58. The van der Waals surface area contributed by atoms with Crippen LogP contribution in [0.4, 0.5) is 0 Å². The quantitative estimate of drug-likeness (QED) is 0.102. The first-order chi connectivity index (χ1) is 23.6. The molecule has 0 saturated carbocycles. The first-order valence-corrected chi connectivity index (χ1v) is 20.1. The van der Waals surface area contributed by atoms with E-state index in [1.54, 1.807) is 6.92 Å². The second kappa shape index (κ2) is 18.6. The van der Waals surface area contributed by atoms with Gasteiger partial charge in [0.2, 0.25) is 5.79 Å². The van der Waals surface area contributed by atoms with Crippen molar-refractivity contribution in [2.24, 2.45) is 35.5 Å². The predicted octanol–water partition coefficient (Wildman–Crippen LogP) is 9.82. The minimum atomic E-state index is -1.07. The zero-order valence-electron chi connectivity index (χ0n) is 32.9. The van der Waals surface area contributed by atoms with Gasteiger partial charge in [-0.15, -0.1) is 0 Å². The highest BCUT2D eigenvalue weighted by atomic mass is 16.7. The van der Waals surface area contributed by atoms with Gasteiger partial charge in [0.25, 0.3) is 0 Å². The lowest BCUT2D eigenvalue weighted by molar-refractivity contribution is -0.275. The summed E-state index contributed by atoms with van der Waals surface area (Å²) in [5, 5.41) is 28.5. The number of aliphatic hydroxyl groups is 1. The Hall–Kier alpha value is -2.03. The van der Waals surface area contributed by atoms with Gasteiger partial charge in [-0.25, -0.2) is 0 Å². The number of carbonyl (C=O) groups excluding carboxylic acids is 1. The van der Waals surface area contributed by atoms with Gasteiger partial charge in [-0.3, -0.25) is 15.0 Å². The first-order valence-electron chi connectivity index (χ1n) is 20.1. The van der Waals surface area contributed by atoms with Crippen LogP contribution in [0.25, 0.3) is 0 Å². The Balaban J connectivity index is 1.54. The summed E-state index contributed by atoms with van der Waals surface area (Å²) in [6, 6.07) is 0. The maximum Gasteiger partial charge on any atom is 0.309 e. The smallest absolute Gasteiger partial charge is 0.309 e. The van der Waals surface area contributed by atoms with Crippen LogP contribution in [-0.4, -0.2) is 56.9 Å². The molecule has 1 fully saturated rings. The molecule has 10 unspecified atom stereocenters. The molecule has 0 amide bonds. The fourth-order valence-electron chi connectivity index (χ4n) is 9.04. The van der Waals surface area contributed by atoms with E-state index in [1.807, 2.05) is 6.08 Å². The average molecular weight is 702 g/mol. The molecule has 8 heteroatoms. The molecular formula is C42H71NO7. The molecule has 0 bridgehead atoms. The van der Waals surface area contributed by atoms with Crippen LogP contribution in [0.5, 0.6) is 0 Å². The SMILES string of the molecule is CCC1=CCCC([C@]2(C)CCC3(OC(CC)(C(C)CC(C)CC(CC)C(=O)C(C)CC(C)CCCCC(O)C(CC)C(=O)O)C=CC3=N)O2)O1. The van der Waals surface area contributed by atoms with Crippen molar-refractivity contribution in [3.63, 3.8) is 0 Å². The molecule has 0 aliphatic carbocycles. The molecule has 3 heterocycles. The van der Waals surface area contributed by atoms with E-state index in [-0.39, 0.29) is 23.9 Å². The highest BCUT2D eigenvalue weighted by molar-refractivity contribution is 5.99. The van der Waals surface area contributed by atoms with Gasteiger partial charge in [-0.2, -0.15) is 0 Å². The van der Waals surface area contributed by atoms with Crippen molar-refractivity contribution in [2.45, 2.75) is 188 Å². The summed E-state index contributed by atoms with van der Waals surface area (Å²) >= 11 is 0. The largest absolute Gasteiger partial charge is 0.492 e. The Morgan fingerprint density at radius 2 is 1.66 bits per heavy atom. The number of carboxylic acid groups (broad SMARTS) is 1. The van der Waals surface area contributed by atoms with Gasteiger partial charge in [0.15, 0.2) is 0 Å². The minimum Gasteiger partial charge on any atom is -0.492 e. The molecule has 1 spiro atoms. The van der Waals surface area contributed by atoms with E-state index in [0.29, 0.717) is 42.6 Å². The monoisotopic (exact) mass is 702 g/mol. The molecule has 3 N–H and O–H groups in total. The number of carbonyl (C=O) groups is 2. The Morgan fingerprint density at radius 3 is 2.28 bits per heavy atom. The number of hydrogen-bond donors (Lipinski definition) is 3. The molecule has 11 atom stereocenters. The van der Waals surface area contributed by atoms with E-state index in [0.717, 1.165) is 82.8 Å². The molecular weight excluding hydrogens is 630 g/mol. The van der Waals surface area contributed by atoms with E-state index in [1.165, 1.54) is 0 Å². The van der Waals surface area contributed by atoms with Gasteiger partial charge in [0.05, 0.1) is 29.1 Å². The summed E-state index contributed by atoms with van der Waals surface area (Å²) in [6.07, 6.45) is 17.4. The summed E-state index contributed by atoms with van der Waals surface area (Å²) < 4.78 is 20.2. The number of rotatable bonds is 21. The van der Waals surface area contributed by atoms with Crippen LogP contribution >= 0.6 is 0 Å². The number of ether oxygens (including phenoxy) is 3. The minimum absolute atomic E-state index is 0.00928. The van der Waals surface area contributed by atoms with Gasteiger partial charge in [-0.1, -0.05) is 80.7 Å². The van der Waals surface area contributed by atoms with Crippen molar-refractivity contribution in [3.05, 3.63) is 24.0 Å². The van der Waals surface area contributed by atoms with Crippen LogP contribution < -0.4 is 0 Å². The maximum absolute atomic E-state index is 13.7. The van der Waals surface area contributed by atoms with Crippen molar-refractivity contribution in [1.82, 2.24) is 0 Å². The van der Waals surface area contributed by atoms with Gasteiger partial charge < -0.3 is 24.4 Å². The maximum atomic E-state index is 13.7. The molecule has 3 aliphatic rings. The van der Waals surface area contributed by atoms with Crippen LogP contribution in [0.1, 0.15) is 159 Å². The summed E-state index contributed by atoms with van der Waals surface area (Å²) in [5.41, 5.74) is -0.691. The number of aliphatic hydroxyl groups excluding tert-OH is 1. The topological polar surface area (TPSA) is 126 Å². The van der Waals surface area contributed by atoms with E-state index in [9.17, 15) is 19.8 Å². The molecule has 8 nitrogen and oxygen atoms in total. The molecule has 50 heavy (non-hydrogen) atoms. The zero-order valence-corrected chi connectivity index (χ0v) is 32.9. The van der Waals surface area contributed by atoms with Crippen LogP contribution in [0, 0.1) is 40.9 Å². The van der Waals surface area contributed by atoms with Crippen molar-refractivity contribution in [3.8, 4) is 0 Å². The lowest BCUT2D eigenvalue weighted by atomic mass is 9.75. The van der Waals surface area contributed by atoms with Crippen LogP contribution in [0.15, 0.2) is 24.0 Å². The second-order valence-corrected chi connectivity index (χ2v) is 16.5. The number of unbranched alkanes of at least 4 members (excludes halogenated alkanes) is 1. The van der Waals surface area contributed by atoms with Crippen molar-refractivity contribution < 1.29 is 34.0 Å². The third-order valence-electron chi connectivity index (χ3n) is 12.4. The van der Waals surface area contributed by atoms with Crippen molar-refractivity contribution in [1.29, 1.82) is 5.41 Å². The van der Waals surface area contributed by atoms with Crippen molar-refractivity contribution >= 4 is 17.5 Å². The summed E-state index contributed by atoms with van der Waals surface area (Å²) in [5.74, 6) is -0.404. The fraction of sp³-hybridized carbons (Fsp3) is 0.833. The highest BCUT2D eigenvalue weighted by Crippen LogP contribution is 2.50. The third-order valence-corrected chi connectivity index (χ3v) is 12.4. The molecule has 1 saturated heterocycles. The number of ketones is 1. The van der Waals surface area contributed by atoms with E-state index < -0.39 is 35.0 Å². The molecule has 0 aromatic carbocycles. The molecule has 3 rings (SSSR count). The molecule has 0 radical (unpaired) electrons. The normalized spacial score (nSPS) is 31.0. The van der Waals surface area contributed by atoms with Crippen LogP contribution in [-0.2, 0) is 23.8 Å². The van der Waals surface area contributed by atoms with Crippen LogP contribution in [0.2, 0.25) is 0 Å². The molecule has 0 aromatic rings. The number of hydrogen-bond acceptors (Lipinski definition) is 7. The fourth-order valence-corrected chi connectivity index (χ4v) is 9.04. The first kappa shape index (κ1) is 42.4. The lowest BCUT2D eigenvalue weighted by Gasteiger charge is -2.48. The summed E-state index contributed by atoms with van der Waals surface area (Å²) in [4.78, 5) is 25.0. The Bertz CT molecular complexity index is 1200. The number of aliphatic carboxylic acids is 1. The number of allylic oxidation sites excluding steroid dienone is 2. The van der Waals surface area contributed by atoms with E-state index >= 15 is 0 Å². The Labute approximate surface area is 303 Å². The Morgan fingerprint density at radius 1 is 0.960 bits per heavy atom. The van der Waals surface area contributed by atoms with Gasteiger partial charge >= 0.3 is 5.97 Å². The second-order valence-electron chi connectivity index (χ2n) is 16.5. The Kier molecular flexibility index (Phi) is 15.8. The van der Waals surface area contributed by atoms with Gasteiger partial charge in [0.1, 0.15) is 17.5 Å². The third kappa shape index (κ3) is 10.3. The van der Waals surface area contributed by atoms with E-state index in [2.05, 4.69) is 67.5 Å². The zero-order chi connectivity index (χ0) is 37.3. The van der Waals surface area contributed by atoms with E-state index in [4.69, 9.17) is 19.6 Å². The molecule has 286 valence electrons. The van der Waals surface area contributed by atoms with Crippen molar-refractivity contribution in [2.75, 3.05) is 0 Å². The average Bonchev–Trinajstić information content (AvgIpc) is 3.44. The number of nitrogens with one attached hydrogen (secondary N) is 1. The summed E-state index contributed by atoms with van der Waals surface area (Å²) in [6.45, 7) is 19.1. The molecule has 0 aromatic heterocycles. The standard InChI is InChI=1S/C42H71NO7/c1-10-32(38(45)30(7)25-28(5)17-14-15-19-35(44)34(12-3)39(46)47)27-29(6)26-31(8)41(13-4)22-21-36(43)42(50-41)24-23-40(9,49-42)37-20-16-18-33(11-2)48-37/h18,21-22,28-32,34-35,37,43-44H,10-17,19-20,23-27H2,1-9H3,(H,46,47)/t28?,29?,30?,31?,32?,34?,35?,37?,40-,41?,42?/m0/s1. The number of Topliss-reactive ketones (excluding diaryl/α,β-unsaturated/α-hetero) is 1. The number of carboxylic acids is 1. The van der Waals surface area contributed by atoms with Gasteiger partial charge in [0, 0.05) is 24.7 Å². The lowest BCUT2D eigenvalue weighted by Crippen LogP contribution is -2.56. The van der Waals surface area contributed by atoms with Crippen LogP contribution in [0.3, 0.4) is 0 Å². The summed E-state index contributed by atoms with van der Waals surface area (Å²) in [7, 11) is 0.